The van der Waals surface area contributed by atoms with E-state index >= 15 is 0 Å². The van der Waals surface area contributed by atoms with Crippen molar-refractivity contribution in [3.05, 3.63) is 29.6 Å². The molecule has 0 aromatic heterocycles. The van der Waals surface area contributed by atoms with Crippen molar-refractivity contribution in [2.24, 2.45) is 5.73 Å². The van der Waals surface area contributed by atoms with Gasteiger partial charge in [0.05, 0.1) is 6.10 Å². The molecule has 2 N–H and O–H groups in total. The van der Waals surface area contributed by atoms with Crippen LogP contribution >= 0.6 is 0 Å². The zero-order chi connectivity index (χ0) is 14.4. The molecule has 1 rings (SSSR count). The maximum atomic E-state index is 13.7. The van der Waals surface area contributed by atoms with E-state index in [1.54, 1.807) is 19.9 Å². The quantitative estimate of drug-likeness (QED) is 0.803. The molecule has 0 fully saturated rings. The molecule has 0 saturated heterocycles. The van der Waals surface area contributed by atoms with Gasteiger partial charge in [0, 0.05) is 6.04 Å². The van der Waals surface area contributed by atoms with E-state index in [9.17, 15) is 9.18 Å². The Kier molecular flexibility index (Phi) is 5.76. The van der Waals surface area contributed by atoms with Gasteiger partial charge < -0.3 is 15.2 Å². The molecule has 0 aliphatic heterocycles. The molecule has 19 heavy (non-hydrogen) atoms. The van der Waals surface area contributed by atoms with Gasteiger partial charge in [-0.1, -0.05) is 6.07 Å². The third-order valence-corrected chi connectivity index (χ3v) is 2.27. The lowest BCUT2D eigenvalue weighted by Gasteiger charge is -2.11. The lowest BCUT2D eigenvalue weighted by molar-refractivity contribution is -0.149. The van der Waals surface area contributed by atoms with Gasteiger partial charge in [0.2, 0.25) is 0 Å². The number of nitrogens with two attached hydrogens (primary N) is 1. The fraction of sp³-hybridized carbons (Fsp3) is 0.500. The van der Waals surface area contributed by atoms with E-state index in [-0.39, 0.29) is 24.5 Å². The lowest BCUT2D eigenvalue weighted by atomic mass is 10.1. The molecule has 106 valence electrons. The minimum atomic E-state index is -0.519. The Morgan fingerprint density at radius 2 is 2.05 bits per heavy atom. The van der Waals surface area contributed by atoms with Gasteiger partial charge in [0.25, 0.3) is 0 Å². The number of esters is 1. The van der Waals surface area contributed by atoms with E-state index in [0.29, 0.717) is 6.42 Å². The van der Waals surface area contributed by atoms with Gasteiger partial charge in [0.15, 0.2) is 18.2 Å². The van der Waals surface area contributed by atoms with Crippen molar-refractivity contribution in [2.45, 2.75) is 39.3 Å². The third-order valence-electron chi connectivity index (χ3n) is 2.27. The highest BCUT2D eigenvalue weighted by atomic mass is 19.1. The number of carbonyl (C=O) groups is 1. The van der Waals surface area contributed by atoms with Crippen LogP contribution < -0.4 is 10.5 Å². The Hall–Kier alpha value is -1.62. The van der Waals surface area contributed by atoms with Crippen molar-refractivity contribution < 1.29 is 18.7 Å². The second kappa shape index (κ2) is 7.09. The summed E-state index contributed by atoms with van der Waals surface area (Å²) in [6.07, 6.45) is 0.376. The van der Waals surface area contributed by atoms with Crippen molar-refractivity contribution in [1.29, 1.82) is 0 Å². The highest BCUT2D eigenvalue weighted by Crippen LogP contribution is 2.19. The smallest absolute Gasteiger partial charge is 0.344 e. The summed E-state index contributed by atoms with van der Waals surface area (Å²) in [4.78, 5) is 11.3. The molecular formula is C14H20FNO3. The van der Waals surface area contributed by atoms with E-state index < -0.39 is 11.8 Å². The highest BCUT2D eigenvalue weighted by molar-refractivity contribution is 5.71. The van der Waals surface area contributed by atoms with E-state index in [1.165, 1.54) is 12.1 Å². The second-order valence-corrected chi connectivity index (χ2v) is 4.77. The topological polar surface area (TPSA) is 61.5 Å². The Labute approximate surface area is 112 Å². The molecule has 0 saturated carbocycles. The molecule has 1 unspecified atom stereocenters. The van der Waals surface area contributed by atoms with Crippen molar-refractivity contribution >= 4 is 5.97 Å². The maximum Gasteiger partial charge on any atom is 0.344 e. The van der Waals surface area contributed by atoms with Crippen LogP contribution in [0.5, 0.6) is 5.75 Å². The Balaban J connectivity index is 2.57. The van der Waals surface area contributed by atoms with Gasteiger partial charge in [0.1, 0.15) is 0 Å². The van der Waals surface area contributed by atoms with Crippen LogP contribution in [0.15, 0.2) is 18.2 Å². The van der Waals surface area contributed by atoms with Gasteiger partial charge in [-0.2, -0.15) is 0 Å². The van der Waals surface area contributed by atoms with Crippen LogP contribution in [0.1, 0.15) is 26.3 Å². The summed E-state index contributed by atoms with van der Waals surface area (Å²) in [6, 6.07) is 4.56. The first kappa shape index (κ1) is 15.4. The molecule has 0 bridgehead atoms. The maximum absolute atomic E-state index is 13.7. The number of hydrogen-bond acceptors (Lipinski definition) is 4. The largest absolute Gasteiger partial charge is 0.479 e. The summed E-state index contributed by atoms with van der Waals surface area (Å²) in [7, 11) is 0. The van der Waals surface area contributed by atoms with Gasteiger partial charge in [-0.15, -0.1) is 0 Å². The first-order valence-electron chi connectivity index (χ1n) is 6.24. The van der Waals surface area contributed by atoms with Crippen LogP contribution in [0.4, 0.5) is 4.39 Å². The normalized spacial score (nSPS) is 12.3. The predicted molar refractivity (Wildman–Crippen MR) is 70.5 cm³/mol. The first-order chi connectivity index (χ1) is 8.88. The Bertz CT molecular complexity index is 433. The molecule has 0 heterocycles. The summed E-state index contributed by atoms with van der Waals surface area (Å²) in [5.74, 6) is -0.987. The number of halogens is 1. The van der Waals surface area contributed by atoms with Gasteiger partial charge in [-0.25, -0.2) is 9.18 Å². The average molecular weight is 269 g/mol. The fourth-order valence-electron chi connectivity index (χ4n) is 1.59. The fourth-order valence-corrected chi connectivity index (χ4v) is 1.59. The Morgan fingerprint density at radius 1 is 1.37 bits per heavy atom. The van der Waals surface area contributed by atoms with Gasteiger partial charge >= 0.3 is 5.97 Å². The molecule has 1 aromatic rings. The second-order valence-electron chi connectivity index (χ2n) is 4.77. The number of benzene rings is 1. The summed E-state index contributed by atoms with van der Waals surface area (Å²) in [5.41, 5.74) is 6.44. The number of rotatable bonds is 6. The first-order valence-corrected chi connectivity index (χ1v) is 6.24. The molecule has 0 aliphatic rings. The van der Waals surface area contributed by atoms with E-state index in [0.717, 1.165) is 5.56 Å². The summed E-state index contributed by atoms with van der Waals surface area (Å²) in [6.45, 7) is 5.02. The highest BCUT2D eigenvalue weighted by Gasteiger charge is 2.10. The standard InChI is InChI=1S/C14H20FNO3/c1-9(2)19-14(17)8-18-13-5-4-11(6-10(3)16)7-12(13)15/h4-5,7,9-10H,6,8,16H2,1-3H3. The average Bonchev–Trinajstić information content (AvgIpc) is 2.26. The molecule has 4 nitrogen and oxygen atoms in total. The van der Waals surface area contributed by atoms with E-state index in [4.69, 9.17) is 15.2 Å². The molecule has 0 spiro atoms. The number of ether oxygens (including phenoxy) is 2. The van der Waals surface area contributed by atoms with Crippen molar-refractivity contribution in [2.75, 3.05) is 6.61 Å². The van der Waals surface area contributed by atoms with Crippen molar-refractivity contribution in [3.8, 4) is 5.75 Å². The van der Waals surface area contributed by atoms with Crippen LogP contribution in [0.3, 0.4) is 0 Å². The van der Waals surface area contributed by atoms with Crippen molar-refractivity contribution in [3.63, 3.8) is 0 Å². The monoisotopic (exact) mass is 269 g/mol. The van der Waals surface area contributed by atoms with Crippen LogP contribution in [-0.2, 0) is 16.0 Å². The molecule has 0 radical (unpaired) electrons. The minimum Gasteiger partial charge on any atom is -0.479 e. The SMILES string of the molecule is CC(N)Cc1ccc(OCC(=O)OC(C)C)c(F)c1. The zero-order valence-electron chi connectivity index (χ0n) is 11.5. The molecule has 0 amide bonds. The third kappa shape index (κ3) is 5.70. The van der Waals surface area contributed by atoms with E-state index in [1.807, 2.05) is 6.92 Å². The lowest BCUT2D eigenvalue weighted by Crippen LogP contribution is -2.19. The van der Waals surface area contributed by atoms with Gasteiger partial charge in [-0.3, -0.25) is 0 Å². The number of carbonyl (C=O) groups excluding carboxylic acids is 1. The molecule has 1 aromatic carbocycles. The van der Waals surface area contributed by atoms with E-state index in [2.05, 4.69) is 0 Å². The Morgan fingerprint density at radius 3 is 2.58 bits per heavy atom. The zero-order valence-corrected chi connectivity index (χ0v) is 11.5. The minimum absolute atomic E-state index is 0.0350. The molecule has 0 aliphatic carbocycles. The molecular weight excluding hydrogens is 249 g/mol. The summed E-state index contributed by atoms with van der Waals surface area (Å²) >= 11 is 0. The van der Waals surface area contributed by atoms with Crippen LogP contribution in [0, 0.1) is 5.82 Å². The predicted octanol–water partition coefficient (Wildman–Crippen LogP) is 2.05. The van der Waals surface area contributed by atoms with Crippen LogP contribution in [0.2, 0.25) is 0 Å². The van der Waals surface area contributed by atoms with Crippen LogP contribution in [0.25, 0.3) is 0 Å². The van der Waals surface area contributed by atoms with Crippen molar-refractivity contribution in [1.82, 2.24) is 0 Å². The summed E-state index contributed by atoms with van der Waals surface area (Å²) in [5, 5.41) is 0. The summed E-state index contributed by atoms with van der Waals surface area (Å²) < 4.78 is 23.7. The van der Waals surface area contributed by atoms with Gasteiger partial charge in [-0.05, 0) is 44.9 Å². The van der Waals surface area contributed by atoms with Crippen LogP contribution in [-0.4, -0.2) is 24.7 Å². The molecule has 5 heteroatoms. The number of hydrogen-bond donors (Lipinski definition) is 1. The molecule has 1 atom stereocenters.